The highest BCUT2D eigenvalue weighted by Crippen LogP contribution is 2.54. The van der Waals surface area contributed by atoms with Gasteiger partial charge in [0.15, 0.2) is 18.4 Å². The number of likely N-dealkylation sites (N-methyl/N-ethyl adjacent to an activating group) is 1. The van der Waals surface area contributed by atoms with Crippen LogP contribution in [0, 0.1) is 35.5 Å². The first kappa shape index (κ1) is 40.8. The van der Waals surface area contributed by atoms with E-state index in [1.54, 1.807) is 33.9 Å². The fourth-order valence-corrected chi connectivity index (χ4v) is 10.7. The van der Waals surface area contributed by atoms with E-state index in [4.69, 9.17) is 42.3 Å². The second kappa shape index (κ2) is 17.6. The Bertz CT molecular complexity index is 1510. The lowest BCUT2D eigenvalue weighted by Crippen LogP contribution is -2.59. The van der Waals surface area contributed by atoms with E-state index in [9.17, 15) is 9.59 Å². The van der Waals surface area contributed by atoms with E-state index in [0.717, 1.165) is 36.8 Å². The highest BCUT2D eigenvalue weighted by Gasteiger charge is 2.53. The van der Waals surface area contributed by atoms with Crippen LogP contribution in [0.2, 0.25) is 0 Å². The van der Waals surface area contributed by atoms with Gasteiger partial charge < -0.3 is 47.2 Å². The summed E-state index contributed by atoms with van der Waals surface area (Å²) in [4.78, 5) is 30.8. The molecule has 6 aliphatic rings. The van der Waals surface area contributed by atoms with Gasteiger partial charge in [-0.1, -0.05) is 25.2 Å². The Morgan fingerprint density at radius 1 is 0.818 bits per heavy atom. The van der Waals surface area contributed by atoms with Gasteiger partial charge in [-0.3, -0.25) is 9.59 Å². The average Bonchev–Trinajstić information content (AvgIpc) is 3.92. The lowest BCUT2D eigenvalue weighted by atomic mass is 9.70. The molecule has 1 aromatic heterocycles. The molecule has 0 amide bonds. The van der Waals surface area contributed by atoms with Crippen LogP contribution in [0.3, 0.4) is 0 Å². The molecule has 12 nitrogen and oxygen atoms in total. The first-order valence-electron chi connectivity index (χ1n) is 20.5. The summed E-state index contributed by atoms with van der Waals surface area (Å²) in [6, 6.07) is 2.18. The molecule has 17 atom stereocenters. The van der Waals surface area contributed by atoms with E-state index < -0.39 is 24.4 Å². The van der Waals surface area contributed by atoms with Crippen molar-refractivity contribution in [1.29, 1.82) is 0 Å². The van der Waals surface area contributed by atoms with Crippen molar-refractivity contribution >= 4 is 11.8 Å². The summed E-state index contributed by atoms with van der Waals surface area (Å²) in [6.07, 6.45) is 12.3. The molecule has 17 unspecified atom stereocenters. The van der Waals surface area contributed by atoms with Crippen molar-refractivity contribution in [2.75, 3.05) is 35.4 Å². The number of fused-ring (bicyclic) bond motifs is 5. The molecule has 55 heavy (non-hydrogen) atoms. The molecule has 4 heterocycles. The number of methoxy groups -OCH3 is 3. The van der Waals surface area contributed by atoms with Gasteiger partial charge in [0.1, 0.15) is 24.4 Å². The zero-order chi connectivity index (χ0) is 39.0. The summed E-state index contributed by atoms with van der Waals surface area (Å²) < 4.78 is 55.2. The topological polar surface area (TPSA) is 124 Å². The van der Waals surface area contributed by atoms with Crippen molar-refractivity contribution in [2.24, 2.45) is 35.5 Å². The van der Waals surface area contributed by atoms with Crippen LogP contribution in [0.4, 0.5) is 0 Å². The summed E-state index contributed by atoms with van der Waals surface area (Å²) in [5.74, 6) is -0.351. The van der Waals surface area contributed by atoms with E-state index in [-0.39, 0.29) is 90.7 Å². The molecule has 0 bridgehead atoms. The number of ketones is 1. The van der Waals surface area contributed by atoms with Crippen LogP contribution < -0.4 is 0 Å². The molecule has 0 spiro atoms. The summed E-state index contributed by atoms with van der Waals surface area (Å²) in [7, 11) is 9.12. The van der Waals surface area contributed by atoms with Crippen LogP contribution >= 0.6 is 0 Å². The van der Waals surface area contributed by atoms with Crippen LogP contribution in [0.5, 0.6) is 0 Å². The summed E-state index contributed by atoms with van der Waals surface area (Å²) in [5, 5.41) is 0. The predicted octanol–water partition coefficient (Wildman–Crippen LogP) is 6.04. The first-order valence-corrected chi connectivity index (χ1v) is 20.5. The number of allylic oxidation sites excluding steroid dienone is 4. The van der Waals surface area contributed by atoms with Crippen LogP contribution in [0.1, 0.15) is 83.8 Å². The van der Waals surface area contributed by atoms with Crippen molar-refractivity contribution in [2.45, 2.75) is 140 Å². The Hall–Kier alpha value is -2.42. The standard InChI is InChI=1S/C43H63NO11/c1-23-35(55-38-15-14-34(44(4)5)24(2)51-38)10-9-11-36(27-16-17-50-22-27)54-37(45)21-32-29-13-12-26-18-28(19-30(26)31(29)20-33(32)39(23)46)53-43-42(49-8)41(48-7)40(47-6)25(3)52-43/h12-13,16-17,20,22-26,28-32,34-36,38,40-43H,9-11,14-15,18-19,21H2,1-8H3. The van der Waals surface area contributed by atoms with Gasteiger partial charge in [-0.2, -0.15) is 0 Å². The molecule has 3 aliphatic carbocycles. The molecule has 3 aliphatic heterocycles. The third-order valence-corrected chi connectivity index (χ3v) is 13.6. The number of cyclic esters (lactones) is 1. The van der Waals surface area contributed by atoms with E-state index in [1.807, 2.05) is 19.9 Å². The number of hydrogen-bond acceptors (Lipinski definition) is 12. The molecular weight excluding hydrogens is 706 g/mol. The van der Waals surface area contributed by atoms with Gasteiger partial charge in [-0.25, -0.2) is 0 Å². The van der Waals surface area contributed by atoms with Gasteiger partial charge in [0, 0.05) is 44.8 Å². The SMILES string of the molecule is COC1C(C)OC(OC2CC3C=CC4C5CC(=O)OC(c6ccoc6)CCCC(OC6CCC(N(C)C)C(C)O6)C(C)C(=O)C5=CC4C3C2)C(OC)C1OC. The van der Waals surface area contributed by atoms with Gasteiger partial charge in [0.25, 0.3) is 0 Å². The minimum absolute atomic E-state index is 0.00288. The normalized spacial score (nSPS) is 43.9. The second-order valence-corrected chi connectivity index (χ2v) is 17.0. The number of nitrogens with zero attached hydrogens (tertiary/aromatic N) is 1. The Balaban J connectivity index is 1.12. The van der Waals surface area contributed by atoms with Gasteiger partial charge in [0.2, 0.25) is 0 Å². The van der Waals surface area contributed by atoms with Crippen molar-refractivity contribution in [3.05, 3.63) is 48.0 Å². The number of hydrogen-bond donors (Lipinski definition) is 0. The maximum atomic E-state index is 14.8. The number of carbonyl (C=O) groups is 2. The van der Waals surface area contributed by atoms with Crippen molar-refractivity contribution in [3.8, 4) is 0 Å². The molecule has 0 N–H and O–H groups in total. The minimum Gasteiger partial charge on any atom is -0.472 e. The van der Waals surface area contributed by atoms with Gasteiger partial charge in [-0.15, -0.1) is 0 Å². The molecular formula is C43H63NO11. The van der Waals surface area contributed by atoms with E-state index in [0.29, 0.717) is 25.3 Å². The number of ether oxygens (including phenoxy) is 8. The predicted molar refractivity (Wildman–Crippen MR) is 202 cm³/mol. The summed E-state index contributed by atoms with van der Waals surface area (Å²) in [5.41, 5.74) is 1.57. The molecule has 12 heteroatoms. The molecule has 0 radical (unpaired) electrons. The largest absolute Gasteiger partial charge is 0.472 e. The molecule has 1 saturated carbocycles. The number of Topliss-reactive ketones (excluding diaryl/α,β-unsaturated/α-hetero) is 1. The smallest absolute Gasteiger partial charge is 0.307 e. The molecule has 7 rings (SSSR count). The molecule has 0 aromatic carbocycles. The van der Waals surface area contributed by atoms with Gasteiger partial charge >= 0.3 is 5.97 Å². The van der Waals surface area contributed by atoms with Crippen LogP contribution in [0.25, 0.3) is 0 Å². The second-order valence-electron chi connectivity index (χ2n) is 17.0. The Kier molecular flexibility index (Phi) is 13.0. The third kappa shape index (κ3) is 8.44. The molecule has 1 aromatic rings. The van der Waals surface area contributed by atoms with Gasteiger partial charge in [0.05, 0.1) is 43.4 Å². The monoisotopic (exact) mass is 769 g/mol. The lowest BCUT2D eigenvalue weighted by Gasteiger charge is -2.44. The number of esters is 1. The van der Waals surface area contributed by atoms with Crippen LogP contribution in [-0.2, 0) is 47.5 Å². The van der Waals surface area contributed by atoms with E-state index in [1.165, 1.54) is 0 Å². The van der Waals surface area contributed by atoms with Crippen molar-refractivity contribution in [3.63, 3.8) is 0 Å². The maximum Gasteiger partial charge on any atom is 0.307 e. The zero-order valence-corrected chi connectivity index (χ0v) is 33.9. The molecule has 3 saturated heterocycles. The average molecular weight is 770 g/mol. The van der Waals surface area contributed by atoms with E-state index in [2.05, 4.69) is 44.1 Å². The molecule has 306 valence electrons. The Morgan fingerprint density at radius 2 is 1.60 bits per heavy atom. The zero-order valence-electron chi connectivity index (χ0n) is 33.9. The summed E-state index contributed by atoms with van der Waals surface area (Å²) >= 11 is 0. The van der Waals surface area contributed by atoms with Crippen LogP contribution in [0.15, 0.2) is 46.8 Å². The highest BCUT2D eigenvalue weighted by atomic mass is 16.7. The number of carbonyl (C=O) groups excluding carboxylic acids is 2. The van der Waals surface area contributed by atoms with Crippen molar-refractivity contribution in [1.82, 2.24) is 4.90 Å². The fourth-order valence-electron chi connectivity index (χ4n) is 10.7. The van der Waals surface area contributed by atoms with Gasteiger partial charge in [-0.05, 0) is 108 Å². The first-order chi connectivity index (χ1) is 26.5. The lowest BCUT2D eigenvalue weighted by molar-refractivity contribution is -0.314. The quantitative estimate of drug-likeness (QED) is 0.215. The molecule has 4 fully saturated rings. The fraction of sp³-hybridized carbons (Fsp3) is 0.767. The summed E-state index contributed by atoms with van der Waals surface area (Å²) in [6.45, 7) is 6.06. The third-order valence-electron chi connectivity index (χ3n) is 13.6. The minimum atomic E-state index is -0.611. The Morgan fingerprint density at radius 3 is 2.29 bits per heavy atom. The van der Waals surface area contributed by atoms with Crippen LogP contribution in [-0.4, -0.2) is 113 Å². The van der Waals surface area contributed by atoms with E-state index >= 15 is 0 Å². The Labute approximate surface area is 326 Å². The maximum absolute atomic E-state index is 14.8. The van der Waals surface area contributed by atoms with Crippen molar-refractivity contribution < 1.29 is 51.9 Å². The number of rotatable bonds is 9. The highest BCUT2D eigenvalue weighted by molar-refractivity contribution is 5.99. The number of furan rings is 1.